The number of hydrogen-bond acceptors (Lipinski definition) is 10. The first kappa shape index (κ1) is 37.9. The Hall–Kier alpha value is -4.39. The van der Waals surface area contributed by atoms with E-state index >= 15 is 0 Å². The minimum atomic E-state index is -3.21. The maximum Gasteiger partial charge on any atom is 0.180 e. The third-order valence-corrected chi connectivity index (χ3v) is 10.2. The van der Waals surface area contributed by atoms with Gasteiger partial charge in [-0.05, 0) is 29.2 Å². The number of aliphatic hydroxyl groups is 7. The molecular formula is C41H44O10. The van der Waals surface area contributed by atoms with Crippen LogP contribution in [0.3, 0.4) is 0 Å². The lowest BCUT2D eigenvalue weighted by atomic mass is 9.58. The number of carbonyl (C=O) groups is 3. The molecule has 0 amide bonds. The minimum absolute atomic E-state index is 0.197. The molecule has 0 saturated heterocycles. The standard InChI is InChI=1S/C41H44O10/c1-26(42)32-34(44)33(36(46)35(32)45)38(48)40(50,24-29-18-10-4-11-19-29)41(51,25-30-20-12-5-13-21-30)39(49,23-28-16-8-3-9-17-28)37(47)31(43)22-27-14-6-2-7-15-27/h2-21,31-33,35-37,43,45-47,49-51H,22-25H2,1H3/t31?,32?,33?,35?,36?,37-,39-,40+,41+/m1/s1. The zero-order valence-corrected chi connectivity index (χ0v) is 28.2. The maximum atomic E-state index is 15.0. The Bertz CT molecular complexity index is 1790. The highest BCUT2D eigenvalue weighted by atomic mass is 16.4. The average molecular weight is 697 g/mol. The fourth-order valence-corrected chi connectivity index (χ4v) is 7.47. The molecule has 5 unspecified atom stereocenters. The zero-order valence-electron chi connectivity index (χ0n) is 28.2. The van der Waals surface area contributed by atoms with E-state index in [-0.39, 0.29) is 12.0 Å². The Kier molecular flexibility index (Phi) is 11.5. The van der Waals surface area contributed by atoms with Crippen molar-refractivity contribution in [3.63, 3.8) is 0 Å². The molecule has 0 bridgehead atoms. The summed E-state index contributed by atoms with van der Waals surface area (Å²) >= 11 is 0. The predicted molar refractivity (Wildman–Crippen MR) is 187 cm³/mol. The van der Waals surface area contributed by atoms with Crippen LogP contribution >= 0.6 is 0 Å². The Morgan fingerprint density at radius 2 is 1.00 bits per heavy atom. The van der Waals surface area contributed by atoms with Crippen molar-refractivity contribution < 1.29 is 50.1 Å². The fourth-order valence-electron chi connectivity index (χ4n) is 7.47. The van der Waals surface area contributed by atoms with Gasteiger partial charge in [0, 0.05) is 25.7 Å². The van der Waals surface area contributed by atoms with E-state index in [0.717, 1.165) is 6.92 Å². The molecule has 0 radical (unpaired) electrons. The highest BCUT2D eigenvalue weighted by Crippen LogP contribution is 2.47. The Morgan fingerprint density at radius 1 is 0.608 bits per heavy atom. The summed E-state index contributed by atoms with van der Waals surface area (Å²) in [5, 5.41) is 85.1. The van der Waals surface area contributed by atoms with Crippen molar-refractivity contribution in [2.75, 3.05) is 0 Å². The van der Waals surface area contributed by atoms with Crippen LogP contribution in [0, 0.1) is 11.8 Å². The van der Waals surface area contributed by atoms with Crippen LogP contribution in [0.2, 0.25) is 0 Å². The normalized spacial score (nSPS) is 23.7. The summed E-state index contributed by atoms with van der Waals surface area (Å²) in [6, 6.07) is 32.9. The third-order valence-electron chi connectivity index (χ3n) is 10.2. The lowest BCUT2D eigenvalue weighted by Crippen LogP contribution is -2.78. The highest BCUT2D eigenvalue weighted by molar-refractivity contribution is 6.16. The molecule has 5 rings (SSSR count). The van der Waals surface area contributed by atoms with E-state index < -0.39 is 89.7 Å². The molecule has 9 atom stereocenters. The van der Waals surface area contributed by atoms with Gasteiger partial charge in [-0.3, -0.25) is 14.4 Å². The molecule has 4 aromatic carbocycles. The van der Waals surface area contributed by atoms with Crippen molar-refractivity contribution in [3.05, 3.63) is 144 Å². The summed E-state index contributed by atoms with van der Waals surface area (Å²) in [5.74, 6) is -7.41. The van der Waals surface area contributed by atoms with Gasteiger partial charge in [0.15, 0.2) is 17.2 Å². The average Bonchev–Trinajstić information content (AvgIpc) is 3.35. The van der Waals surface area contributed by atoms with Crippen molar-refractivity contribution in [2.45, 2.75) is 73.8 Å². The summed E-state index contributed by atoms with van der Waals surface area (Å²) in [6.07, 6.45) is -10.4. The number of rotatable bonds is 15. The molecule has 0 spiro atoms. The third kappa shape index (κ3) is 7.35. The van der Waals surface area contributed by atoms with Gasteiger partial charge in [0.25, 0.3) is 0 Å². The molecule has 1 fully saturated rings. The summed E-state index contributed by atoms with van der Waals surface area (Å²) in [5.41, 5.74) is -7.80. The quantitative estimate of drug-likeness (QED) is 0.0898. The Balaban J connectivity index is 1.77. The van der Waals surface area contributed by atoms with Crippen molar-refractivity contribution in [3.8, 4) is 0 Å². The van der Waals surface area contributed by atoms with E-state index in [2.05, 4.69) is 0 Å². The molecule has 10 heteroatoms. The molecule has 0 heterocycles. The van der Waals surface area contributed by atoms with Gasteiger partial charge in [-0.25, -0.2) is 0 Å². The van der Waals surface area contributed by atoms with Gasteiger partial charge in [-0.2, -0.15) is 0 Å². The van der Waals surface area contributed by atoms with Crippen molar-refractivity contribution in [1.82, 2.24) is 0 Å². The second-order valence-electron chi connectivity index (χ2n) is 13.6. The molecule has 268 valence electrons. The van der Waals surface area contributed by atoms with Gasteiger partial charge in [-0.15, -0.1) is 0 Å². The highest BCUT2D eigenvalue weighted by Gasteiger charge is 2.70. The molecular weight excluding hydrogens is 652 g/mol. The van der Waals surface area contributed by atoms with Crippen LogP contribution in [0.1, 0.15) is 29.2 Å². The molecule has 4 aromatic rings. The monoisotopic (exact) mass is 696 g/mol. The fraction of sp³-hybridized carbons (Fsp3) is 0.341. The van der Waals surface area contributed by atoms with Gasteiger partial charge in [0.2, 0.25) is 0 Å². The first-order valence-electron chi connectivity index (χ1n) is 16.9. The lowest BCUT2D eigenvalue weighted by molar-refractivity contribution is -0.278. The van der Waals surface area contributed by atoms with E-state index in [1.54, 1.807) is 109 Å². The molecule has 0 aromatic heterocycles. The van der Waals surface area contributed by atoms with Crippen LogP contribution < -0.4 is 0 Å². The van der Waals surface area contributed by atoms with E-state index in [1.165, 1.54) is 12.1 Å². The lowest BCUT2D eigenvalue weighted by Gasteiger charge is -2.55. The number of benzene rings is 4. The molecule has 0 aliphatic heterocycles. The molecule has 51 heavy (non-hydrogen) atoms. The largest absolute Gasteiger partial charge is 0.390 e. The van der Waals surface area contributed by atoms with E-state index in [4.69, 9.17) is 0 Å². The first-order chi connectivity index (χ1) is 24.2. The zero-order chi connectivity index (χ0) is 37.0. The van der Waals surface area contributed by atoms with Crippen molar-refractivity contribution >= 4 is 17.3 Å². The smallest absolute Gasteiger partial charge is 0.180 e. The summed E-state index contributed by atoms with van der Waals surface area (Å²) < 4.78 is 0. The van der Waals surface area contributed by atoms with Crippen LogP contribution in [-0.2, 0) is 40.1 Å². The second kappa shape index (κ2) is 15.5. The summed E-state index contributed by atoms with van der Waals surface area (Å²) in [6.45, 7) is 1.02. The molecule has 1 aliphatic carbocycles. The molecule has 1 saturated carbocycles. The molecule has 10 nitrogen and oxygen atoms in total. The molecule has 7 N–H and O–H groups in total. The Labute approximate surface area is 296 Å². The van der Waals surface area contributed by atoms with Gasteiger partial charge < -0.3 is 35.7 Å². The van der Waals surface area contributed by atoms with Crippen LogP contribution in [0.4, 0.5) is 0 Å². The summed E-state index contributed by atoms with van der Waals surface area (Å²) in [4.78, 5) is 41.1. The SMILES string of the molecule is CC(=O)C1C(=O)C(C(=O)[C@@](O)(Cc2ccccc2)[C@](O)(Cc2ccccc2)[C@@](O)(Cc2ccccc2)[C@H](O)C(O)Cc2ccccc2)C(O)C1O. The van der Waals surface area contributed by atoms with Crippen molar-refractivity contribution in [1.29, 1.82) is 0 Å². The van der Waals surface area contributed by atoms with Gasteiger partial charge >= 0.3 is 0 Å². The van der Waals surface area contributed by atoms with Gasteiger partial charge in [0.1, 0.15) is 34.9 Å². The number of ketones is 3. The van der Waals surface area contributed by atoms with E-state index in [0.29, 0.717) is 16.7 Å². The first-order valence-corrected chi connectivity index (χ1v) is 16.9. The van der Waals surface area contributed by atoms with Crippen molar-refractivity contribution in [2.24, 2.45) is 11.8 Å². The van der Waals surface area contributed by atoms with Crippen LogP contribution in [-0.4, -0.2) is 94.3 Å². The molecule has 1 aliphatic rings. The number of Topliss-reactive ketones (excluding diaryl/α,β-unsaturated/α-hetero) is 3. The van der Waals surface area contributed by atoms with Crippen LogP contribution in [0.15, 0.2) is 121 Å². The minimum Gasteiger partial charge on any atom is -0.390 e. The van der Waals surface area contributed by atoms with E-state index in [9.17, 15) is 50.1 Å². The van der Waals surface area contributed by atoms with Crippen LogP contribution in [0.5, 0.6) is 0 Å². The number of carbonyl (C=O) groups excluding carboxylic acids is 3. The number of aliphatic hydroxyl groups excluding tert-OH is 4. The van der Waals surface area contributed by atoms with Crippen LogP contribution in [0.25, 0.3) is 0 Å². The van der Waals surface area contributed by atoms with Gasteiger partial charge in [0.05, 0.1) is 18.3 Å². The maximum absolute atomic E-state index is 15.0. The second-order valence-corrected chi connectivity index (χ2v) is 13.6. The topological polar surface area (TPSA) is 193 Å². The summed E-state index contributed by atoms with van der Waals surface area (Å²) in [7, 11) is 0. The van der Waals surface area contributed by atoms with Gasteiger partial charge in [-0.1, -0.05) is 121 Å². The number of hydrogen-bond donors (Lipinski definition) is 7. The predicted octanol–water partition coefficient (Wildman–Crippen LogP) is 1.57. The van der Waals surface area contributed by atoms with E-state index in [1.807, 2.05) is 0 Å². The Morgan fingerprint density at radius 3 is 1.43 bits per heavy atom.